The van der Waals surface area contributed by atoms with Crippen LogP contribution in [0.25, 0.3) is 0 Å². The van der Waals surface area contributed by atoms with E-state index in [0.717, 1.165) is 0 Å². The fraction of sp³-hybridized carbons (Fsp3) is 0.636. The SMILES string of the molecule is C#CCCC[C@H](NC(=O)COCC)C(=O)O. The molecule has 0 rings (SSSR count). The second-order valence-corrected chi connectivity index (χ2v) is 3.19. The first-order valence-corrected chi connectivity index (χ1v) is 5.15. The van der Waals surface area contributed by atoms with Crippen LogP contribution in [0.1, 0.15) is 26.2 Å². The van der Waals surface area contributed by atoms with Crippen molar-refractivity contribution >= 4 is 11.9 Å². The van der Waals surface area contributed by atoms with E-state index in [4.69, 9.17) is 16.3 Å². The highest BCUT2D eigenvalue weighted by molar-refractivity contribution is 5.84. The Morgan fingerprint density at radius 1 is 1.56 bits per heavy atom. The monoisotopic (exact) mass is 227 g/mol. The van der Waals surface area contributed by atoms with Gasteiger partial charge in [0.1, 0.15) is 12.6 Å². The molecular formula is C11H17NO4. The van der Waals surface area contributed by atoms with Crippen molar-refractivity contribution < 1.29 is 19.4 Å². The van der Waals surface area contributed by atoms with Crippen molar-refractivity contribution in [3.63, 3.8) is 0 Å². The van der Waals surface area contributed by atoms with Crippen LogP contribution in [-0.4, -0.2) is 36.2 Å². The van der Waals surface area contributed by atoms with E-state index in [9.17, 15) is 9.59 Å². The fourth-order valence-electron chi connectivity index (χ4n) is 1.10. The number of unbranched alkanes of at least 4 members (excludes halogenated alkanes) is 1. The van der Waals surface area contributed by atoms with Crippen LogP contribution in [0.5, 0.6) is 0 Å². The maximum Gasteiger partial charge on any atom is 0.326 e. The third-order valence-electron chi connectivity index (χ3n) is 1.88. The van der Waals surface area contributed by atoms with E-state index in [1.165, 1.54) is 0 Å². The average molecular weight is 227 g/mol. The lowest BCUT2D eigenvalue weighted by Crippen LogP contribution is -2.42. The summed E-state index contributed by atoms with van der Waals surface area (Å²) in [5.74, 6) is 0.944. The summed E-state index contributed by atoms with van der Waals surface area (Å²) in [4.78, 5) is 22.0. The minimum absolute atomic E-state index is 0.116. The molecule has 0 fully saturated rings. The molecule has 0 aromatic carbocycles. The zero-order valence-corrected chi connectivity index (χ0v) is 9.36. The minimum Gasteiger partial charge on any atom is -0.480 e. The molecule has 0 aliphatic heterocycles. The van der Waals surface area contributed by atoms with Crippen molar-refractivity contribution in [2.75, 3.05) is 13.2 Å². The summed E-state index contributed by atoms with van der Waals surface area (Å²) in [6.07, 6.45) is 6.46. The van der Waals surface area contributed by atoms with Gasteiger partial charge in [0.25, 0.3) is 0 Å². The van der Waals surface area contributed by atoms with Gasteiger partial charge in [-0.15, -0.1) is 12.3 Å². The van der Waals surface area contributed by atoms with Crippen LogP contribution in [0, 0.1) is 12.3 Å². The number of carboxylic acids is 1. The predicted octanol–water partition coefficient (Wildman–Crippen LogP) is 0.396. The number of nitrogens with one attached hydrogen (secondary N) is 1. The second kappa shape index (κ2) is 8.74. The van der Waals surface area contributed by atoms with E-state index >= 15 is 0 Å². The van der Waals surface area contributed by atoms with Crippen LogP contribution in [0.2, 0.25) is 0 Å². The molecular weight excluding hydrogens is 210 g/mol. The van der Waals surface area contributed by atoms with Crippen LogP contribution in [0.3, 0.4) is 0 Å². The van der Waals surface area contributed by atoms with Gasteiger partial charge in [-0.25, -0.2) is 4.79 Å². The lowest BCUT2D eigenvalue weighted by molar-refractivity contribution is -0.142. The molecule has 0 saturated carbocycles. The topological polar surface area (TPSA) is 75.6 Å². The largest absolute Gasteiger partial charge is 0.480 e. The van der Waals surface area contributed by atoms with Gasteiger partial charge in [-0.05, 0) is 19.8 Å². The smallest absolute Gasteiger partial charge is 0.326 e. The van der Waals surface area contributed by atoms with Crippen molar-refractivity contribution in [3.05, 3.63) is 0 Å². The molecule has 90 valence electrons. The van der Waals surface area contributed by atoms with Crippen molar-refractivity contribution in [3.8, 4) is 12.3 Å². The predicted molar refractivity (Wildman–Crippen MR) is 58.7 cm³/mol. The van der Waals surface area contributed by atoms with E-state index in [2.05, 4.69) is 11.2 Å². The van der Waals surface area contributed by atoms with Gasteiger partial charge in [-0.3, -0.25) is 4.79 Å². The Morgan fingerprint density at radius 2 is 2.25 bits per heavy atom. The van der Waals surface area contributed by atoms with E-state index in [1.807, 2.05) is 0 Å². The molecule has 16 heavy (non-hydrogen) atoms. The Bertz CT molecular complexity index is 270. The highest BCUT2D eigenvalue weighted by atomic mass is 16.5. The van der Waals surface area contributed by atoms with Crippen molar-refractivity contribution in [1.82, 2.24) is 5.32 Å². The van der Waals surface area contributed by atoms with E-state index in [-0.39, 0.29) is 6.61 Å². The maximum absolute atomic E-state index is 11.2. The summed E-state index contributed by atoms with van der Waals surface area (Å²) in [6, 6.07) is -0.888. The number of hydrogen-bond donors (Lipinski definition) is 2. The lowest BCUT2D eigenvalue weighted by Gasteiger charge is -2.13. The number of amides is 1. The normalized spacial score (nSPS) is 11.5. The Balaban J connectivity index is 3.98. The molecule has 0 aliphatic carbocycles. The first kappa shape index (κ1) is 14.5. The third kappa shape index (κ3) is 6.85. The minimum atomic E-state index is -1.05. The molecule has 0 aromatic heterocycles. The van der Waals surface area contributed by atoms with Gasteiger partial charge in [0, 0.05) is 13.0 Å². The van der Waals surface area contributed by atoms with Crippen LogP contribution in [-0.2, 0) is 14.3 Å². The molecule has 0 heterocycles. The number of carboxylic acid groups (broad SMARTS) is 1. The summed E-state index contributed by atoms with van der Waals surface area (Å²) in [5, 5.41) is 11.2. The summed E-state index contributed by atoms with van der Waals surface area (Å²) < 4.78 is 4.86. The highest BCUT2D eigenvalue weighted by Crippen LogP contribution is 2.00. The van der Waals surface area contributed by atoms with Crippen LogP contribution < -0.4 is 5.32 Å². The molecule has 0 bridgehead atoms. The van der Waals surface area contributed by atoms with E-state index in [1.54, 1.807) is 6.92 Å². The summed E-state index contributed by atoms with van der Waals surface area (Å²) >= 11 is 0. The van der Waals surface area contributed by atoms with Crippen molar-refractivity contribution in [1.29, 1.82) is 0 Å². The Kier molecular flexibility index (Phi) is 7.90. The number of carbonyl (C=O) groups is 2. The summed E-state index contributed by atoms with van der Waals surface area (Å²) in [6.45, 7) is 2.06. The third-order valence-corrected chi connectivity index (χ3v) is 1.88. The Hall–Kier alpha value is -1.54. The summed E-state index contributed by atoms with van der Waals surface area (Å²) in [5.41, 5.74) is 0. The van der Waals surface area contributed by atoms with Crippen molar-refractivity contribution in [2.45, 2.75) is 32.2 Å². The fourth-order valence-corrected chi connectivity index (χ4v) is 1.10. The molecule has 0 aromatic rings. The molecule has 1 atom stereocenters. The second-order valence-electron chi connectivity index (χ2n) is 3.19. The quantitative estimate of drug-likeness (QED) is 0.465. The van der Waals surface area contributed by atoms with Gasteiger partial charge >= 0.3 is 5.97 Å². The number of rotatable bonds is 8. The first-order chi connectivity index (χ1) is 7.61. The molecule has 0 saturated heterocycles. The van der Waals surface area contributed by atoms with Crippen molar-refractivity contribution in [2.24, 2.45) is 0 Å². The van der Waals surface area contributed by atoms with Gasteiger partial charge in [0.15, 0.2) is 0 Å². The van der Waals surface area contributed by atoms with Gasteiger partial charge in [0.2, 0.25) is 5.91 Å². The molecule has 0 radical (unpaired) electrons. The van der Waals surface area contributed by atoms with Gasteiger partial charge in [0.05, 0.1) is 0 Å². The van der Waals surface area contributed by atoms with Gasteiger partial charge in [-0.1, -0.05) is 0 Å². The highest BCUT2D eigenvalue weighted by Gasteiger charge is 2.18. The molecule has 0 spiro atoms. The van der Waals surface area contributed by atoms with Gasteiger partial charge in [-0.2, -0.15) is 0 Å². The van der Waals surface area contributed by atoms with Crippen LogP contribution in [0.4, 0.5) is 0 Å². The molecule has 2 N–H and O–H groups in total. The zero-order valence-electron chi connectivity index (χ0n) is 9.36. The number of terminal acetylenes is 1. The van der Waals surface area contributed by atoms with Gasteiger partial charge < -0.3 is 15.2 Å². The van der Waals surface area contributed by atoms with Crippen LogP contribution in [0.15, 0.2) is 0 Å². The maximum atomic E-state index is 11.2. The summed E-state index contributed by atoms with van der Waals surface area (Å²) in [7, 11) is 0. The standard InChI is InChI=1S/C11H17NO4/c1-3-5-6-7-9(11(14)15)12-10(13)8-16-4-2/h1,9H,4-8H2,2H3,(H,12,13)(H,14,15)/t9-/m0/s1. The molecule has 1 amide bonds. The van der Waals surface area contributed by atoms with E-state index < -0.39 is 17.9 Å². The number of carbonyl (C=O) groups excluding carboxylic acids is 1. The van der Waals surface area contributed by atoms with Crippen LogP contribution >= 0.6 is 0 Å². The first-order valence-electron chi connectivity index (χ1n) is 5.15. The molecule has 5 nitrogen and oxygen atoms in total. The van der Waals surface area contributed by atoms with E-state index in [0.29, 0.717) is 25.9 Å². The zero-order chi connectivity index (χ0) is 12.4. The Labute approximate surface area is 95.2 Å². The average Bonchev–Trinajstić information content (AvgIpc) is 2.25. The number of hydrogen-bond acceptors (Lipinski definition) is 3. The number of aliphatic carboxylic acids is 1. The lowest BCUT2D eigenvalue weighted by atomic mass is 10.1. The number of ether oxygens (including phenoxy) is 1. The molecule has 0 unspecified atom stereocenters. The Morgan fingerprint density at radius 3 is 2.75 bits per heavy atom. The molecule has 0 aliphatic rings. The molecule has 5 heteroatoms.